The second-order valence-corrected chi connectivity index (χ2v) is 11.1. The standard InChI is InChI=1S/C25H28P.HI/c1-2-7-15-22(14-6-1)26(23-16-8-3-9-17-23,24-18-10-4-11-19-24)25-20-12-5-13-21-25;/h3-5,8-13,16-22H,1-2,6-7,14-15H2;1H/q+1;/p-1. The molecule has 3 aromatic carbocycles. The topological polar surface area (TPSA) is 0 Å². The van der Waals surface area contributed by atoms with Crippen LogP contribution < -0.4 is 39.9 Å². The van der Waals surface area contributed by atoms with Crippen LogP contribution in [0.2, 0.25) is 0 Å². The number of rotatable bonds is 4. The molecule has 0 N–H and O–H groups in total. The lowest BCUT2D eigenvalue weighted by Crippen LogP contribution is -3.00. The first-order valence-corrected chi connectivity index (χ1v) is 11.8. The lowest BCUT2D eigenvalue weighted by molar-refractivity contribution is -0.00000509. The van der Waals surface area contributed by atoms with E-state index >= 15 is 0 Å². The lowest BCUT2D eigenvalue weighted by Gasteiger charge is -2.34. The summed E-state index contributed by atoms with van der Waals surface area (Å²) < 4.78 is 0. The molecule has 0 spiro atoms. The van der Waals surface area contributed by atoms with Crippen LogP contribution in [0.25, 0.3) is 0 Å². The maximum absolute atomic E-state index is 2.39. The van der Waals surface area contributed by atoms with Crippen LogP contribution >= 0.6 is 7.26 Å². The lowest BCUT2D eigenvalue weighted by atomic mass is 10.2. The predicted octanol–water partition coefficient (Wildman–Crippen LogP) is 2.71. The average molecular weight is 486 g/mol. The van der Waals surface area contributed by atoms with E-state index in [1.165, 1.54) is 38.5 Å². The average Bonchev–Trinajstić information content (AvgIpc) is 3.01. The number of hydrogen-bond donors (Lipinski definition) is 0. The molecular weight excluding hydrogens is 458 g/mol. The Morgan fingerprint density at radius 2 is 0.815 bits per heavy atom. The van der Waals surface area contributed by atoms with Crippen LogP contribution in [0, 0.1) is 0 Å². The van der Waals surface area contributed by atoms with Crippen molar-refractivity contribution in [2.45, 2.75) is 44.2 Å². The van der Waals surface area contributed by atoms with Gasteiger partial charge in [-0.05, 0) is 62.1 Å². The van der Waals surface area contributed by atoms with Gasteiger partial charge in [-0.25, -0.2) is 0 Å². The summed E-state index contributed by atoms with van der Waals surface area (Å²) in [5, 5.41) is 4.64. The second kappa shape index (κ2) is 9.85. The highest BCUT2D eigenvalue weighted by atomic mass is 127. The zero-order valence-electron chi connectivity index (χ0n) is 15.8. The third kappa shape index (κ3) is 4.15. The minimum Gasteiger partial charge on any atom is -1.00 e. The van der Waals surface area contributed by atoms with Crippen LogP contribution in [0.3, 0.4) is 0 Å². The minimum absolute atomic E-state index is 0. The molecule has 0 heterocycles. The molecule has 0 aliphatic heterocycles. The van der Waals surface area contributed by atoms with Gasteiger partial charge in [0.1, 0.15) is 23.2 Å². The molecule has 1 aliphatic carbocycles. The van der Waals surface area contributed by atoms with Crippen molar-refractivity contribution in [3.63, 3.8) is 0 Å². The molecule has 0 unspecified atom stereocenters. The first-order valence-electron chi connectivity index (χ1n) is 9.98. The molecule has 0 atom stereocenters. The molecule has 1 saturated carbocycles. The highest BCUT2D eigenvalue weighted by molar-refractivity contribution is 7.96. The Hall–Kier alpha value is -1.18. The molecule has 1 aliphatic rings. The zero-order chi connectivity index (χ0) is 17.7. The summed E-state index contributed by atoms with van der Waals surface area (Å²) in [5.41, 5.74) is 0.747. The van der Waals surface area contributed by atoms with Crippen LogP contribution in [0.4, 0.5) is 0 Å². The quantitative estimate of drug-likeness (QED) is 0.303. The van der Waals surface area contributed by atoms with E-state index in [2.05, 4.69) is 91.0 Å². The van der Waals surface area contributed by atoms with Gasteiger partial charge in [0.05, 0.1) is 5.66 Å². The van der Waals surface area contributed by atoms with Crippen LogP contribution in [0.1, 0.15) is 38.5 Å². The molecule has 0 aromatic heterocycles. The third-order valence-corrected chi connectivity index (χ3v) is 10.8. The van der Waals surface area contributed by atoms with Crippen molar-refractivity contribution in [2.24, 2.45) is 0 Å². The van der Waals surface area contributed by atoms with Gasteiger partial charge in [0.15, 0.2) is 0 Å². The molecule has 1 fully saturated rings. The van der Waals surface area contributed by atoms with Crippen molar-refractivity contribution in [2.75, 3.05) is 0 Å². The van der Waals surface area contributed by atoms with Crippen LogP contribution in [0.15, 0.2) is 91.0 Å². The van der Waals surface area contributed by atoms with Gasteiger partial charge in [0, 0.05) is 0 Å². The fraction of sp³-hybridized carbons (Fsp3) is 0.280. The van der Waals surface area contributed by atoms with E-state index in [0.29, 0.717) is 0 Å². The molecule has 27 heavy (non-hydrogen) atoms. The van der Waals surface area contributed by atoms with Gasteiger partial charge in [0.2, 0.25) is 0 Å². The van der Waals surface area contributed by atoms with Crippen LogP contribution in [-0.2, 0) is 0 Å². The van der Waals surface area contributed by atoms with Crippen molar-refractivity contribution >= 4 is 23.2 Å². The van der Waals surface area contributed by atoms with Gasteiger partial charge < -0.3 is 24.0 Å². The maximum atomic E-state index is 2.39. The first-order chi connectivity index (χ1) is 12.9. The highest BCUT2D eigenvalue weighted by Gasteiger charge is 2.51. The molecule has 2 heteroatoms. The van der Waals surface area contributed by atoms with Crippen molar-refractivity contribution < 1.29 is 24.0 Å². The predicted molar refractivity (Wildman–Crippen MR) is 117 cm³/mol. The Balaban J connectivity index is 0.00000210. The van der Waals surface area contributed by atoms with Crippen LogP contribution in [-0.4, -0.2) is 5.66 Å². The molecule has 3 aromatic rings. The van der Waals surface area contributed by atoms with E-state index in [4.69, 9.17) is 0 Å². The summed E-state index contributed by atoms with van der Waals surface area (Å²) in [6, 6.07) is 34.2. The van der Waals surface area contributed by atoms with E-state index in [9.17, 15) is 0 Å². The maximum Gasteiger partial charge on any atom is 0.115 e. The summed E-state index contributed by atoms with van der Waals surface area (Å²) in [6.45, 7) is 0. The van der Waals surface area contributed by atoms with Gasteiger partial charge in [-0.3, -0.25) is 0 Å². The number of halogens is 1. The Morgan fingerprint density at radius 3 is 1.15 bits per heavy atom. The molecule has 0 radical (unpaired) electrons. The van der Waals surface area contributed by atoms with E-state index < -0.39 is 7.26 Å². The Kier molecular flexibility index (Phi) is 7.49. The molecule has 140 valence electrons. The second-order valence-electron chi connectivity index (χ2n) is 7.37. The van der Waals surface area contributed by atoms with Gasteiger partial charge in [0.25, 0.3) is 0 Å². The van der Waals surface area contributed by atoms with E-state index in [1.807, 2.05) is 0 Å². The Morgan fingerprint density at radius 1 is 0.481 bits per heavy atom. The zero-order valence-corrected chi connectivity index (χ0v) is 18.9. The smallest absolute Gasteiger partial charge is 0.115 e. The van der Waals surface area contributed by atoms with E-state index in [1.54, 1.807) is 15.9 Å². The fourth-order valence-electron chi connectivity index (χ4n) is 4.71. The van der Waals surface area contributed by atoms with Gasteiger partial charge in [-0.15, -0.1) is 0 Å². The molecule has 0 bridgehead atoms. The van der Waals surface area contributed by atoms with Crippen LogP contribution in [0.5, 0.6) is 0 Å². The van der Waals surface area contributed by atoms with Crippen molar-refractivity contribution in [1.82, 2.24) is 0 Å². The highest BCUT2D eigenvalue weighted by Crippen LogP contribution is 2.62. The Labute approximate surface area is 181 Å². The van der Waals surface area contributed by atoms with Crippen molar-refractivity contribution in [3.05, 3.63) is 91.0 Å². The first kappa shape index (κ1) is 20.6. The number of hydrogen-bond acceptors (Lipinski definition) is 0. The van der Waals surface area contributed by atoms with Gasteiger partial charge in [-0.2, -0.15) is 0 Å². The summed E-state index contributed by atoms with van der Waals surface area (Å²) >= 11 is 0. The van der Waals surface area contributed by atoms with Gasteiger partial charge >= 0.3 is 0 Å². The molecule has 0 nitrogen and oxygen atoms in total. The Bertz CT molecular complexity index is 697. The SMILES string of the molecule is [I-].c1ccc([P+](c2ccccc2)(c2ccccc2)C2CCCCCC2)cc1. The molecule has 0 saturated heterocycles. The molecule has 4 rings (SSSR count). The largest absolute Gasteiger partial charge is 1.00 e. The number of benzene rings is 3. The molecule has 0 amide bonds. The summed E-state index contributed by atoms with van der Waals surface area (Å²) in [5.74, 6) is 0. The van der Waals surface area contributed by atoms with Gasteiger partial charge in [-0.1, -0.05) is 67.4 Å². The van der Waals surface area contributed by atoms with E-state index in [0.717, 1.165) is 5.66 Å². The molecular formula is C25H28IP. The normalized spacial score (nSPS) is 15.6. The van der Waals surface area contributed by atoms with Crippen molar-refractivity contribution in [1.29, 1.82) is 0 Å². The van der Waals surface area contributed by atoms with E-state index in [-0.39, 0.29) is 24.0 Å². The van der Waals surface area contributed by atoms with Crippen molar-refractivity contribution in [3.8, 4) is 0 Å². The minimum atomic E-state index is -1.66. The summed E-state index contributed by atoms with van der Waals surface area (Å²) in [7, 11) is -1.66. The fourth-order valence-corrected chi connectivity index (χ4v) is 9.94. The monoisotopic (exact) mass is 486 g/mol. The summed E-state index contributed by atoms with van der Waals surface area (Å²) in [6.07, 6.45) is 8.25. The third-order valence-electron chi connectivity index (χ3n) is 5.86. The summed E-state index contributed by atoms with van der Waals surface area (Å²) in [4.78, 5) is 0.